The van der Waals surface area contributed by atoms with Gasteiger partial charge in [0.25, 0.3) is 0 Å². The Bertz CT molecular complexity index is 856. The van der Waals surface area contributed by atoms with Crippen molar-refractivity contribution in [1.82, 2.24) is 29.4 Å². The first-order valence-electron chi connectivity index (χ1n) is 9.22. The smallest absolute Gasteiger partial charge is 0.136 e. The Balaban J connectivity index is 1.46. The Hall–Kier alpha value is -2.22. The van der Waals surface area contributed by atoms with Crippen molar-refractivity contribution in [2.45, 2.75) is 25.6 Å². The molecular formula is C19H26N6O. The molecule has 1 saturated heterocycles. The predicted molar refractivity (Wildman–Crippen MR) is 99.8 cm³/mol. The minimum absolute atomic E-state index is 0.106. The molecular weight excluding hydrogens is 328 g/mol. The van der Waals surface area contributed by atoms with Crippen LogP contribution >= 0.6 is 0 Å². The van der Waals surface area contributed by atoms with Crippen molar-refractivity contribution < 1.29 is 4.74 Å². The third kappa shape index (κ3) is 3.38. The topological polar surface area (TPSA) is 59.6 Å². The van der Waals surface area contributed by atoms with Crippen LogP contribution in [0.15, 0.2) is 43.0 Å². The first kappa shape index (κ1) is 17.2. The van der Waals surface area contributed by atoms with Crippen LogP contribution in [-0.4, -0.2) is 56.4 Å². The normalized spacial score (nSPS) is 21.5. The van der Waals surface area contributed by atoms with E-state index in [1.165, 1.54) is 11.3 Å². The average molecular weight is 354 g/mol. The highest BCUT2D eigenvalue weighted by molar-refractivity contribution is 5.39. The molecule has 0 spiro atoms. The van der Waals surface area contributed by atoms with Gasteiger partial charge in [0.15, 0.2) is 0 Å². The number of likely N-dealkylation sites (N-methyl/N-ethyl adjacent to an activating group) is 1. The van der Waals surface area contributed by atoms with E-state index in [1.54, 1.807) is 0 Å². The highest BCUT2D eigenvalue weighted by atomic mass is 16.5. The molecule has 0 radical (unpaired) electrons. The Morgan fingerprint density at radius 2 is 2.27 bits per heavy atom. The molecule has 0 unspecified atom stereocenters. The Morgan fingerprint density at radius 1 is 1.35 bits per heavy atom. The molecule has 7 heteroatoms. The number of imidazole rings is 1. The fourth-order valence-corrected chi connectivity index (χ4v) is 3.82. The highest BCUT2D eigenvalue weighted by Crippen LogP contribution is 2.28. The van der Waals surface area contributed by atoms with Crippen LogP contribution in [0.2, 0.25) is 0 Å². The van der Waals surface area contributed by atoms with Gasteiger partial charge in [-0.05, 0) is 18.7 Å². The molecule has 3 aromatic rings. The van der Waals surface area contributed by atoms with Gasteiger partial charge in [0.2, 0.25) is 0 Å². The monoisotopic (exact) mass is 354 g/mol. The van der Waals surface area contributed by atoms with E-state index in [-0.39, 0.29) is 12.1 Å². The summed E-state index contributed by atoms with van der Waals surface area (Å²) in [5, 5.41) is 7.93. The number of nitrogens with zero attached hydrogens (tertiary/aromatic N) is 5. The van der Waals surface area contributed by atoms with Gasteiger partial charge in [-0.25, -0.2) is 4.98 Å². The lowest BCUT2D eigenvalue weighted by atomic mass is 10.0. The van der Waals surface area contributed by atoms with E-state index in [1.807, 2.05) is 42.5 Å². The van der Waals surface area contributed by atoms with Crippen molar-refractivity contribution in [3.8, 4) is 0 Å². The Kier molecular flexibility index (Phi) is 5.01. The SMILES string of the molecule is CCN1CCO[C@@H](CNCc2cccc3nccn23)[C@@H]1c1cnn(C)c1. The van der Waals surface area contributed by atoms with Crippen molar-refractivity contribution in [3.05, 3.63) is 54.2 Å². The maximum Gasteiger partial charge on any atom is 0.136 e. The number of hydrogen-bond acceptors (Lipinski definition) is 5. The van der Waals surface area contributed by atoms with Gasteiger partial charge in [-0.3, -0.25) is 9.58 Å². The zero-order valence-corrected chi connectivity index (χ0v) is 15.4. The van der Waals surface area contributed by atoms with Gasteiger partial charge < -0.3 is 14.5 Å². The largest absolute Gasteiger partial charge is 0.374 e. The van der Waals surface area contributed by atoms with E-state index in [0.717, 1.165) is 38.4 Å². The molecule has 0 amide bonds. The standard InChI is InChI=1S/C19H26N6O/c1-3-24-9-10-26-17(19(24)15-11-22-23(2)14-15)13-20-12-16-5-4-6-18-21-7-8-25(16)18/h4-8,11,14,17,19-20H,3,9-10,12-13H2,1-2H3/t17-,19-/m0/s1. The van der Waals surface area contributed by atoms with Gasteiger partial charge in [0, 0.05) is 56.5 Å². The summed E-state index contributed by atoms with van der Waals surface area (Å²) in [6.45, 7) is 6.52. The fourth-order valence-electron chi connectivity index (χ4n) is 3.82. The number of ether oxygens (including phenoxy) is 1. The van der Waals surface area contributed by atoms with E-state index in [0.29, 0.717) is 0 Å². The maximum absolute atomic E-state index is 6.14. The quantitative estimate of drug-likeness (QED) is 0.729. The minimum Gasteiger partial charge on any atom is -0.374 e. The second-order valence-electron chi connectivity index (χ2n) is 6.73. The first-order chi connectivity index (χ1) is 12.8. The highest BCUT2D eigenvalue weighted by Gasteiger charge is 2.33. The summed E-state index contributed by atoms with van der Waals surface area (Å²) < 4.78 is 10.1. The van der Waals surface area contributed by atoms with Gasteiger partial charge in [0.1, 0.15) is 5.65 Å². The van der Waals surface area contributed by atoms with Crippen molar-refractivity contribution >= 4 is 5.65 Å². The molecule has 3 aromatic heterocycles. The van der Waals surface area contributed by atoms with Crippen molar-refractivity contribution in [3.63, 3.8) is 0 Å². The van der Waals surface area contributed by atoms with E-state index >= 15 is 0 Å². The molecule has 4 rings (SSSR count). The van der Waals surface area contributed by atoms with Crippen LogP contribution in [-0.2, 0) is 18.3 Å². The Morgan fingerprint density at radius 3 is 3.08 bits per heavy atom. The molecule has 138 valence electrons. The average Bonchev–Trinajstić information content (AvgIpc) is 3.30. The van der Waals surface area contributed by atoms with Crippen LogP contribution in [0.5, 0.6) is 0 Å². The Labute approximate surface area is 153 Å². The number of fused-ring (bicyclic) bond motifs is 1. The second kappa shape index (κ2) is 7.57. The summed E-state index contributed by atoms with van der Waals surface area (Å²) in [6.07, 6.45) is 8.00. The molecule has 4 heterocycles. The molecule has 0 aliphatic carbocycles. The number of nitrogens with one attached hydrogen (secondary N) is 1. The van der Waals surface area contributed by atoms with Crippen LogP contribution in [0, 0.1) is 0 Å². The van der Waals surface area contributed by atoms with Crippen LogP contribution in [0.4, 0.5) is 0 Å². The van der Waals surface area contributed by atoms with E-state index in [9.17, 15) is 0 Å². The van der Waals surface area contributed by atoms with Crippen LogP contribution in [0.3, 0.4) is 0 Å². The molecule has 0 aromatic carbocycles. The number of rotatable bonds is 6. The zero-order chi connectivity index (χ0) is 17.9. The number of pyridine rings is 1. The molecule has 1 N–H and O–H groups in total. The molecule has 1 fully saturated rings. The van der Waals surface area contributed by atoms with Crippen molar-refractivity contribution in [2.24, 2.45) is 7.05 Å². The summed E-state index contributed by atoms with van der Waals surface area (Å²) in [4.78, 5) is 6.82. The summed E-state index contributed by atoms with van der Waals surface area (Å²) in [5.74, 6) is 0. The van der Waals surface area contributed by atoms with E-state index in [2.05, 4.69) is 43.9 Å². The van der Waals surface area contributed by atoms with Crippen molar-refractivity contribution in [2.75, 3.05) is 26.2 Å². The molecule has 2 atom stereocenters. The van der Waals surface area contributed by atoms with E-state index in [4.69, 9.17) is 4.74 Å². The number of morpholine rings is 1. The van der Waals surface area contributed by atoms with Gasteiger partial charge in [0.05, 0.1) is 24.9 Å². The molecule has 7 nitrogen and oxygen atoms in total. The lowest BCUT2D eigenvalue weighted by Gasteiger charge is -2.40. The third-order valence-electron chi connectivity index (χ3n) is 5.09. The molecule has 26 heavy (non-hydrogen) atoms. The second-order valence-corrected chi connectivity index (χ2v) is 6.73. The van der Waals surface area contributed by atoms with Gasteiger partial charge in [-0.15, -0.1) is 0 Å². The molecule has 0 bridgehead atoms. The number of aromatic nitrogens is 4. The van der Waals surface area contributed by atoms with Gasteiger partial charge in [-0.1, -0.05) is 13.0 Å². The first-order valence-corrected chi connectivity index (χ1v) is 9.22. The van der Waals surface area contributed by atoms with Crippen LogP contribution in [0.1, 0.15) is 24.2 Å². The molecule has 1 aliphatic heterocycles. The van der Waals surface area contributed by atoms with Crippen molar-refractivity contribution in [1.29, 1.82) is 0 Å². The lowest BCUT2D eigenvalue weighted by molar-refractivity contribution is -0.0695. The molecule has 0 saturated carbocycles. The summed E-state index contributed by atoms with van der Waals surface area (Å²) >= 11 is 0. The summed E-state index contributed by atoms with van der Waals surface area (Å²) in [7, 11) is 1.96. The fraction of sp³-hybridized carbons (Fsp3) is 0.474. The maximum atomic E-state index is 6.14. The van der Waals surface area contributed by atoms with Crippen LogP contribution < -0.4 is 5.32 Å². The number of aryl methyl sites for hydroxylation is 1. The number of hydrogen-bond donors (Lipinski definition) is 1. The van der Waals surface area contributed by atoms with Crippen LogP contribution in [0.25, 0.3) is 5.65 Å². The van der Waals surface area contributed by atoms with Gasteiger partial charge in [-0.2, -0.15) is 5.10 Å². The lowest BCUT2D eigenvalue weighted by Crippen LogP contribution is -2.48. The minimum atomic E-state index is 0.106. The van der Waals surface area contributed by atoms with Gasteiger partial charge >= 0.3 is 0 Å². The predicted octanol–water partition coefficient (Wildman–Crippen LogP) is 1.62. The zero-order valence-electron chi connectivity index (χ0n) is 15.4. The summed E-state index contributed by atoms with van der Waals surface area (Å²) in [5.41, 5.74) is 3.39. The van der Waals surface area contributed by atoms with E-state index < -0.39 is 0 Å². The third-order valence-corrected chi connectivity index (χ3v) is 5.09. The molecule has 1 aliphatic rings. The summed E-state index contributed by atoms with van der Waals surface area (Å²) in [6, 6.07) is 6.43.